The van der Waals surface area contributed by atoms with Crippen LogP contribution in [0.15, 0.2) is 41.4 Å². The number of aryl methyl sites for hydroxylation is 1. The summed E-state index contributed by atoms with van der Waals surface area (Å²) < 4.78 is 21.8. The van der Waals surface area contributed by atoms with Crippen LogP contribution in [0.5, 0.6) is 23.0 Å². The van der Waals surface area contributed by atoms with Crippen molar-refractivity contribution in [1.82, 2.24) is 10.2 Å². The van der Waals surface area contributed by atoms with Gasteiger partial charge in [0.15, 0.2) is 11.5 Å². The number of Topliss-reactive ketones (excluding diaryl/α,β-unsaturated/α-hetero) is 1. The fourth-order valence-corrected chi connectivity index (χ4v) is 4.63. The van der Waals surface area contributed by atoms with Crippen LogP contribution in [0.1, 0.15) is 22.7 Å². The highest BCUT2D eigenvalue weighted by Crippen LogP contribution is 2.48. The molecule has 2 aromatic carbocycles. The quantitative estimate of drug-likeness (QED) is 0.333. The number of nitrogens with zero attached hydrogens (tertiary/aromatic N) is 3. The molecule has 10 nitrogen and oxygen atoms in total. The number of fused-ring (bicyclic) bond motifs is 1. The minimum absolute atomic E-state index is 0.00883. The summed E-state index contributed by atoms with van der Waals surface area (Å²) in [6.45, 7) is 1.87. The number of aliphatic hydroxyl groups is 1. The van der Waals surface area contributed by atoms with E-state index in [4.69, 9.17) is 18.9 Å². The third kappa shape index (κ3) is 3.32. The Kier molecular flexibility index (Phi) is 5.33. The van der Waals surface area contributed by atoms with E-state index in [0.717, 1.165) is 16.9 Å². The zero-order valence-electron chi connectivity index (χ0n) is 18.4. The van der Waals surface area contributed by atoms with Crippen LogP contribution in [0.25, 0.3) is 5.76 Å². The van der Waals surface area contributed by atoms with E-state index in [-0.39, 0.29) is 23.3 Å². The van der Waals surface area contributed by atoms with Crippen LogP contribution in [0, 0.1) is 6.92 Å². The Bertz CT molecular complexity index is 1340. The first-order valence-electron chi connectivity index (χ1n) is 10.1. The van der Waals surface area contributed by atoms with Crippen LogP contribution in [-0.2, 0) is 9.59 Å². The molecule has 1 saturated heterocycles. The number of benzene rings is 2. The summed E-state index contributed by atoms with van der Waals surface area (Å²) in [4.78, 5) is 27.6. The number of amides is 1. The van der Waals surface area contributed by atoms with E-state index in [2.05, 4.69) is 10.2 Å². The number of ether oxygens (including phenoxy) is 4. The zero-order chi connectivity index (χ0) is 24.0. The van der Waals surface area contributed by atoms with E-state index >= 15 is 0 Å². The Morgan fingerprint density at radius 1 is 1.15 bits per heavy atom. The summed E-state index contributed by atoms with van der Waals surface area (Å²) in [5.41, 5.74) is 3.00. The Hall–Kier alpha value is -4.12. The Morgan fingerprint density at radius 3 is 2.65 bits per heavy atom. The van der Waals surface area contributed by atoms with Crippen molar-refractivity contribution in [3.05, 3.63) is 58.1 Å². The summed E-state index contributed by atoms with van der Waals surface area (Å²) in [5.74, 6) is -0.316. The van der Waals surface area contributed by atoms with Gasteiger partial charge in [-0.3, -0.25) is 14.5 Å². The highest BCUT2D eigenvalue weighted by molar-refractivity contribution is 7.13. The SMILES string of the molecule is COc1cc(/C(O)=C2\C(=O)C(=O)N(c3nncs3)C2c2cc(OC)c3c(c2)OCO3)ccc1C. The van der Waals surface area contributed by atoms with Gasteiger partial charge in [0.2, 0.25) is 17.7 Å². The molecule has 1 atom stereocenters. The van der Waals surface area contributed by atoms with Crippen LogP contribution in [0.2, 0.25) is 0 Å². The minimum Gasteiger partial charge on any atom is -0.507 e. The lowest BCUT2D eigenvalue weighted by molar-refractivity contribution is -0.132. The summed E-state index contributed by atoms with van der Waals surface area (Å²) in [5, 5.41) is 19.3. The molecule has 5 rings (SSSR count). The first-order chi connectivity index (χ1) is 16.4. The van der Waals surface area contributed by atoms with Crippen LogP contribution in [0.4, 0.5) is 5.13 Å². The molecule has 3 heterocycles. The second-order valence-electron chi connectivity index (χ2n) is 7.53. The molecular weight excluding hydrogens is 462 g/mol. The number of ketones is 1. The lowest BCUT2D eigenvalue weighted by Crippen LogP contribution is -2.29. The zero-order valence-corrected chi connectivity index (χ0v) is 19.2. The molecule has 174 valence electrons. The van der Waals surface area contributed by atoms with Gasteiger partial charge in [-0.1, -0.05) is 23.5 Å². The van der Waals surface area contributed by atoms with E-state index < -0.39 is 17.7 Å². The van der Waals surface area contributed by atoms with Crippen molar-refractivity contribution in [3.63, 3.8) is 0 Å². The second kappa shape index (κ2) is 8.34. The fraction of sp³-hybridized carbons (Fsp3) is 0.217. The third-order valence-corrected chi connectivity index (χ3v) is 6.37. The van der Waals surface area contributed by atoms with Gasteiger partial charge in [-0.05, 0) is 36.2 Å². The second-order valence-corrected chi connectivity index (χ2v) is 8.34. The molecular formula is C23H19N3O7S. The minimum atomic E-state index is -1.01. The summed E-state index contributed by atoms with van der Waals surface area (Å²) >= 11 is 1.10. The van der Waals surface area contributed by atoms with Crippen molar-refractivity contribution in [2.75, 3.05) is 25.9 Å². The molecule has 11 heteroatoms. The van der Waals surface area contributed by atoms with Gasteiger partial charge >= 0.3 is 5.91 Å². The standard InChI is InChI=1S/C23H19N3O7S/c1-11-4-5-12(6-14(11)30-2)19(27)17-18(26(22(29)20(17)28)23-25-24-9-34-23)13-7-15(31-3)21-16(8-13)32-10-33-21/h4-9,18,27H,10H2,1-3H3/b19-17+. The lowest BCUT2D eigenvalue weighted by Gasteiger charge is -2.23. The van der Waals surface area contributed by atoms with Crippen LogP contribution >= 0.6 is 11.3 Å². The number of rotatable bonds is 5. The van der Waals surface area contributed by atoms with Crippen molar-refractivity contribution in [2.45, 2.75) is 13.0 Å². The van der Waals surface area contributed by atoms with E-state index in [0.29, 0.717) is 34.1 Å². The van der Waals surface area contributed by atoms with Crippen molar-refractivity contribution < 1.29 is 33.6 Å². The molecule has 0 aliphatic carbocycles. The molecule has 1 aromatic heterocycles. The predicted molar refractivity (Wildman–Crippen MR) is 122 cm³/mol. The Balaban J connectivity index is 1.75. The Morgan fingerprint density at radius 2 is 1.94 bits per heavy atom. The molecule has 0 bridgehead atoms. The van der Waals surface area contributed by atoms with Crippen molar-refractivity contribution >= 4 is 33.9 Å². The van der Waals surface area contributed by atoms with Gasteiger partial charge in [0, 0.05) is 5.56 Å². The monoisotopic (exact) mass is 481 g/mol. The van der Waals surface area contributed by atoms with Crippen LogP contribution in [0.3, 0.4) is 0 Å². The fourth-order valence-electron chi connectivity index (χ4n) is 4.05. The van der Waals surface area contributed by atoms with E-state index in [1.54, 1.807) is 30.3 Å². The molecule has 1 N–H and O–H groups in total. The van der Waals surface area contributed by atoms with Gasteiger partial charge in [-0.15, -0.1) is 10.2 Å². The molecule has 2 aliphatic heterocycles. The number of aromatic nitrogens is 2. The van der Waals surface area contributed by atoms with Gasteiger partial charge in [0.1, 0.15) is 17.0 Å². The number of anilines is 1. The number of carbonyl (C=O) groups is 2. The van der Waals surface area contributed by atoms with Crippen molar-refractivity contribution in [1.29, 1.82) is 0 Å². The maximum atomic E-state index is 13.2. The molecule has 2 aliphatic rings. The van der Waals surface area contributed by atoms with Gasteiger partial charge in [-0.25, -0.2) is 0 Å². The van der Waals surface area contributed by atoms with E-state index in [1.807, 2.05) is 6.92 Å². The lowest BCUT2D eigenvalue weighted by atomic mass is 9.94. The smallest absolute Gasteiger partial charge is 0.301 e. The number of methoxy groups -OCH3 is 2. The van der Waals surface area contributed by atoms with E-state index in [1.165, 1.54) is 24.6 Å². The number of aliphatic hydroxyl groups excluding tert-OH is 1. The molecule has 1 fully saturated rings. The maximum Gasteiger partial charge on any atom is 0.301 e. The van der Waals surface area contributed by atoms with Crippen molar-refractivity contribution in [2.24, 2.45) is 0 Å². The number of hydrogen-bond donors (Lipinski definition) is 1. The average molecular weight is 481 g/mol. The maximum absolute atomic E-state index is 13.2. The summed E-state index contributed by atoms with van der Waals surface area (Å²) in [6.07, 6.45) is 0. The molecule has 0 spiro atoms. The van der Waals surface area contributed by atoms with Crippen LogP contribution in [-0.4, -0.2) is 48.0 Å². The molecule has 0 radical (unpaired) electrons. The third-order valence-electron chi connectivity index (χ3n) is 5.68. The normalized spacial score (nSPS) is 18.4. The molecule has 3 aromatic rings. The highest BCUT2D eigenvalue weighted by Gasteiger charge is 2.48. The molecule has 1 amide bonds. The van der Waals surface area contributed by atoms with E-state index in [9.17, 15) is 14.7 Å². The Labute approximate surface area is 198 Å². The highest BCUT2D eigenvalue weighted by atomic mass is 32.1. The first-order valence-corrected chi connectivity index (χ1v) is 11.0. The molecule has 34 heavy (non-hydrogen) atoms. The first kappa shape index (κ1) is 21.7. The summed E-state index contributed by atoms with van der Waals surface area (Å²) in [6, 6.07) is 7.30. The topological polar surface area (TPSA) is 120 Å². The van der Waals surface area contributed by atoms with Gasteiger partial charge < -0.3 is 24.1 Å². The number of carbonyl (C=O) groups excluding carboxylic acids is 2. The molecule has 0 saturated carbocycles. The molecule has 1 unspecified atom stereocenters. The van der Waals surface area contributed by atoms with Gasteiger partial charge in [0.05, 0.1) is 25.8 Å². The van der Waals surface area contributed by atoms with Gasteiger partial charge in [-0.2, -0.15) is 0 Å². The van der Waals surface area contributed by atoms with Gasteiger partial charge in [0.25, 0.3) is 5.78 Å². The van der Waals surface area contributed by atoms with Crippen molar-refractivity contribution in [3.8, 4) is 23.0 Å². The largest absolute Gasteiger partial charge is 0.507 e. The van der Waals surface area contributed by atoms with Crippen LogP contribution < -0.4 is 23.8 Å². The number of hydrogen-bond acceptors (Lipinski definition) is 10. The predicted octanol–water partition coefficient (Wildman–Crippen LogP) is 3.22. The summed E-state index contributed by atoms with van der Waals surface area (Å²) in [7, 11) is 2.99. The average Bonchev–Trinajstić information content (AvgIpc) is 3.59.